The Morgan fingerprint density at radius 1 is 1.12 bits per heavy atom. The van der Waals surface area contributed by atoms with Gasteiger partial charge in [-0.05, 0) is 49.9 Å². The van der Waals surface area contributed by atoms with Crippen molar-refractivity contribution in [1.29, 1.82) is 0 Å². The minimum Gasteiger partial charge on any atom is -0.462 e. The summed E-state index contributed by atoms with van der Waals surface area (Å²) in [4.78, 5) is 13.3. The zero-order valence-electron chi connectivity index (χ0n) is 17.8. The van der Waals surface area contributed by atoms with Gasteiger partial charge in [-0.15, -0.1) is 11.3 Å². The zero-order chi connectivity index (χ0) is 23.0. The van der Waals surface area contributed by atoms with Crippen molar-refractivity contribution in [2.24, 2.45) is 0 Å². The number of carbonyl (C=O) groups is 1. The Kier molecular flexibility index (Phi) is 5.81. The molecule has 32 heavy (non-hydrogen) atoms. The molecule has 4 aromatic rings. The molecule has 2 heterocycles. The van der Waals surface area contributed by atoms with E-state index in [4.69, 9.17) is 4.74 Å². The molecule has 0 saturated carbocycles. The minimum absolute atomic E-state index is 0.280. The number of fused-ring (bicyclic) bond motifs is 1. The predicted octanol–water partition coefficient (Wildman–Crippen LogP) is 6.49. The molecule has 4 rings (SSSR count). The van der Waals surface area contributed by atoms with Crippen molar-refractivity contribution >= 4 is 27.4 Å². The van der Waals surface area contributed by atoms with Gasteiger partial charge in [0.15, 0.2) is 0 Å². The molecule has 0 aliphatic heterocycles. The van der Waals surface area contributed by atoms with Crippen molar-refractivity contribution in [3.05, 3.63) is 81.5 Å². The van der Waals surface area contributed by atoms with Crippen LogP contribution in [0.4, 0.5) is 13.2 Å². The lowest BCUT2D eigenvalue weighted by molar-refractivity contribution is -0.137. The smallest absolute Gasteiger partial charge is 0.416 e. The van der Waals surface area contributed by atoms with E-state index in [-0.39, 0.29) is 6.61 Å². The Morgan fingerprint density at radius 3 is 2.59 bits per heavy atom. The maximum atomic E-state index is 13.1. The number of thiophene rings is 1. The van der Waals surface area contributed by atoms with Crippen molar-refractivity contribution in [1.82, 2.24) is 9.78 Å². The normalized spacial score (nSPS) is 11.8. The fraction of sp³-hybridized carbons (Fsp3) is 0.250. The summed E-state index contributed by atoms with van der Waals surface area (Å²) in [7, 11) is 0. The third-order valence-corrected chi connectivity index (χ3v) is 6.38. The van der Waals surface area contributed by atoms with Gasteiger partial charge in [0.05, 0.1) is 33.9 Å². The maximum Gasteiger partial charge on any atom is 0.416 e. The highest BCUT2D eigenvalue weighted by atomic mass is 32.1. The molecule has 0 spiro atoms. The molecule has 0 radical (unpaired) electrons. The Bertz CT molecular complexity index is 1300. The van der Waals surface area contributed by atoms with E-state index in [0.29, 0.717) is 28.9 Å². The van der Waals surface area contributed by atoms with Gasteiger partial charge in [-0.3, -0.25) is 0 Å². The number of benzene rings is 2. The number of carbonyl (C=O) groups excluding carboxylic acids is 1. The number of aromatic nitrogens is 2. The highest BCUT2D eigenvalue weighted by Crippen LogP contribution is 2.35. The highest BCUT2D eigenvalue weighted by Gasteiger charge is 2.30. The maximum absolute atomic E-state index is 13.1. The number of halogens is 3. The second-order valence-electron chi connectivity index (χ2n) is 7.46. The van der Waals surface area contributed by atoms with Gasteiger partial charge in [-0.1, -0.05) is 30.3 Å². The molecule has 4 nitrogen and oxygen atoms in total. The summed E-state index contributed by atoms with van der Waals surface area (Å²) >= 11 is 1.51. The van der Waals surface area contributed by atoms with Gasteiger partial charge in [-0.2, -0.15) is 18.3 Å². The van der Waals surface area contributed by atoms with Crippen LogP contribution in [0.2, 0.25) is 0 Å². The van der Waals surface area contributed by atoms with Crippen molar-refractivity contribution < 1.29 is 22.7 Å². The van der Waals surface area contributed by atoms with Gasteiger partial charge >= 0.3 is 12.1 Å². The third kappa shape index (κ3) is 4.14. The Balaban J connectivity index is 1.73. The van der Waals surface area contributed by atoms with Gasteiger partial charge in [0.1, 0.15) is 5.56 Å². The van der Waals surface area contributed by atoms with Crippen LogP contribution in [0.15, 0.2) is 48.5 Å². The molecule has 0 unspecified atom stereocenters. The number of ether oxygens (including phenoxy) is 1. The summed E-state index contributed by atoms with van der Waals surface area (Å²) in [5, 5.41) is 5.54. The molecule has 0 N–H and O–H groups in total. The fourth-order valence-electron chi connectivity index (χ4n) is 3.79. The first-order valence-electron chi connectivity index (χ1n) is 10.1. The number of nitrogens with zero attached hydrogens (tertiary/aromatic N) is 2. The van der Waals surface area contributed by atoms with Gasteiger partial charge in [-0.25, -0.2) is 9.48 Å². The summed E-state index contributed by atoms with van der Waals surface area (Å²) in [6, 6.07) is 13.2. The Hall–Kier alpha value is -3.13. The van der Waals surface area contributed by atoms with E-state index in [1.165, 1.54) is 23.5 Å². The summed E-state index contributed by atoms with van der Waals surface area (Å²) in [6.07, 6.45) is -3.97. The first kappa shape index (κ1) is 22.1. The van der Waals surface area contributed by atoms with Crippen LogP contribution in [-0.2, 0) is 17.3 Å². The molecule has 0 aliphatic rings. The predicted molar refractivity (Wildman–Crippen MR) is 119 cm³/mol. The van der Waals surface area contributed by atoms with Crippen LogP contribution >= 0.6 is 11.3 Å². The number of alkyl halides is 3. The van der Waals surface area contributed by atoms with Crippen LogP contribution < -0.4 is 0 Å². The average Bonchev–Trinajstić information content (AvgIpc) is 3.27. The van der Waals surface area contributed by atoms with Crippen LogP contribution in [0, 0.1) is 13.8 Å². The molecule has 0 atom stereocenters. The lowest BCUT2D eigenvalue weighted by Crippen LogP contribution is -2.07. The van der Waals surface area contributed by atoms with Gasteiger partial charge < -0.3 is 4.74 Å². The molecule has 0 fully saturated rings. The van der Waals surface area contributed by atoms with E-state index >= 15 is 0 Å². The van der Waals surface area contributed by atoms with Crippen molar-refractivity contribution in [2.75, 3.05) is 6.61 Å². The van der Waals surface area contributed by atoms with Crippen LogP contribution in [0.5, 0.6) is 0 Å². The molecule has 0 saturated heterocycles. The first-order valence-corrected chi connectivity index (χ1v) is 10.9. The molecule has 8 heteroatoms. The monoisotopic (exact) mass is 458 g/mol. The average molecular weight is 459 g/mol. The van der Waals surface area contributed by atoms with Crippen molar-refractivity contribution in [2.45, 2.75) is 33.4 Å². The van der Waals surface area contributed by atoms with Crippen LogP contribution in [0.1, 0.15) is 44.7 Å². The number of rotatable bonds is 5. The largest absolute Gasteiger partial charge is 0.462 e. The second-order valence-corrected chi connectivity index (χ2v) is 8.60. The number of hydrogen-bond acceptors (Lipinski definition) is 4. The van der Waals surface area contributed by atoms with Gasteiger partial charge in [0.25, 0.3) is 0 Å². The lowest BCUT2D eigenvalue weighted by atomic mass is 10.1. The van der Waals surface area contributed by atoms with E-state index < -0.39 is 17.7 Å². The SMILES string of the molecule is CCOC(=O)c1c(C)nn(-c2cccc3cc(Cc4cccc(C(F)(F)F)c4)sc23)c1C. The van der Waals surface area contributed by atoms with E-state index in [9.17, 15) is 18.0 Å². The highest BCUT2D eigenvalue weighted by molar-refractivity contribution is 7.19. The molecule has 0 aliphatic carbocycles. The molecule has 0 bridgehead atoms. The third-order valence-electron chi connectivity index (χ3n) is 5.21. The Labute approximate surface area is 187 Å². The summed E-state index contributed by atoms with van der Waals surface area (Å²) in [6.45, 7) is 5.62. The van der Waals surface area contributed by atoms with Crippen LogP contribution in [0.3, 0.4) is 0 Å². The van der Waals surface area contributed by atoms with Crippen molar-refractivity contribution in [3.8, 4) is 5.69 Å². The summed E-state index contributed by atoms with van der Waals surface area (Å²) in [5.74, 6) is -0.405. The Morgan fingerprint density at radius 2 is 1.88 bits per heavy atom. The van der Waals surface area contributed by atoms with Crippen molar-refractivity contribution in [3.63, 3.8) is 0 Å². The number of esters is 1. The fourth-order valence-corrected chi connectivity index (χ4v) is 4.98. The number of aryl methyl sites for hydroxylation is 1. The summed E-state index contributed by atoms with van der Waals surface area (Å²) < 4.78 is 47.0. The molecule has 2 aromatic carbocycles. The quantitative estimate of drug-likeness (QED) is 0.321. The molecular formula is C24H21F3N2O2S. The van der Waals surface area contributed by atoms with Crippen LogP contribution in [-0.4, -0.2) is 22.4 Å². The van der Waals surface area contributed by atoms with Gasteiger partial charge in [0, 0.05) is 11.3 Å². The molecule has 0 amide bonds. The van der Waals surface area contributed by atoms with E-state index in [1.807, 2.05) is 31.2 Å². The lowest BCUT2D eigenvalue weighted by Gasteiger charge is -2.08. The topological polar surface area (TPSA) is 44.1 Å². The second kappa shape index (κ2) is 8.43. The molecular weight excluding hydrogens is 437 g/mol. The van der Waals surface area contributed by atoms with E-state index in [0.717, 1.165) is 26.7 Å². The van der Waals surface area contributed by atoms with Gasteiger partial charge in [0.2, 0.25) is 0 Å². The standard InChI is InChI=1S/C24H21F3N2O2S/c1-4-31-23(30)21-14(2)28-29(15(21)3)20-10-6-8-17-13-19(32-22(17)20)12-16-7-5-9-18(11-16)24(25,26)27/h5-11,13H,4,12H2,1-3H3. The number of hydrogen-bond donors (Lipinski definition) is 0. The minimum atomic E-state index is -4.37. The first-order chi connectivity index (χ1) is 15.2. The van der Waals surface area contributed by atoms with Crippen LogP contribution in [0.25, 0.3) is 15.8 Å². The zero-order valence-corrected chi connectivity index (χ0v) is 18.6. The summed E-state index contributed by atoms with van der Waals surface area (Å²) in [5.41, 5.74) is 2.48. The molecule has 166 valence electrons. The van der Waals surface area contributed by atoms with E-state index in [1.54, 1.807) is 24.6 Å². The van der Waals surface area contributed by atoms with E-state index in [2.05, 4.69) is 5.10 Å². The molecule has 2 aromatic heterocycles.